The number of pyridine rings is 1. The summed E-state index contributed by atoms with van der Waals surface area (Å²) < 4.78 is 0. The summed E-state index contributed by atoms with van der Waals surface area (Å²) in [6.45, 7) is 2.26. The number of nitrogens with zero attached hydrogens (tertiary/aromatic N) is 3. The van der Waals surface area contributed by atoms with Crippen LogP contribution < -0.4 is 0 Å². The van der Waals surface area contributed by atoms with E-state index in [0.29, 0.717) is 12.5 Å². The number of likely N-dealkylation sites (tertiary alicyclic amines) is 1. The van der Waals surface area contributed by atoms with E-state index in [2.05, 4.69) is 29.2 Å². The zero-order valence-corrected chi connectivity index (χ0v) is 13.3. The van der Waals surface area contributed by atoms with Gasteiger partial charge in [-0.2, -0.15) is 0 Å². The minimum absolute atomic E-state index is 0.239. The highest BCUT2D eigenvalue weighted by Crippen LogP contribution is 2.24. The molecule has 0 spiro atoms. The van der Waals surface area contributed by atoms with Crippen LogP contribution >= 0.6 is 0 Å². The van der Waals surface area contributed by atoms with Gasteiger partial charge in [-0.05, 0) is 44.5 Å². The lowest BCUT2D eigenvalue weighted by molar-refractivity contribution is -0.130. The van der Waals surface area contributed by atoms with Crippen molar-refractivity contribution in [2.75, 3.05) is 33.7 Å². The van der Waals surface area contributed by atoms with E-state index in [-0.39, 0.29) is 5.91 Å². The molecule has 0 saturated carbocycles. The zero-order valence-electron chi connectivity index (χ0n) is 13.3. The molecule has 1 saturated heterocycles. The second-order valence-corrected chi connectivity index (χ2v) is 6.43. The third-order valence-electron chi connectivity index (χ3n) is 4.31. The van der Waals surface area contributed by atoms with Crippen LogP contribution in [-0.2, 0) is 11.2 Å². The predicted octanol–water partition coefficient (Wildman–Crippen LogP) is 2.19. The molecule has 2 heterocycles. The summed E-state index contributed by atoms with van der Waals surface area (Å²) in [6.07, 6.45) is 3.94. The Hall–Kier alpha value is -1.94. The number of hydrogen-bond donors (Lipinski definition) is 0. The van der Waals surface area contributed by atoms with Crippen LogP contribution in [0, 0.1) is 5.92 Å². The van der Waals surface area contributed by atoms with Crippen LogP contribution in [0.5, 0.6) is 0 Å². The van der Waals surface area contributed by atoms with E-state index >= 15 is 0 Å². The summed E-state index contributed by atoms with van der Waals surface area (Å²) in [7, 11) is 3.88. The van der Waals surface area contributed by atoms with E-state index in [1.54, 1.807) is 0 Å². The highest BCUT2D eigenvalue weighted by atomic mass is 16.2. The molecule has 0 N–H and O–H groups in total. The second kappa shape index (κ2) is 6.44. The van der Waals surface area contributed by atoms with Gasteiger partial charge in [0.1, 0.15) is 0 Å². The van der Waals surface area contributed by atoms with Crippen molar-refractivity contribution in [2.45, 2.75) is 12.8 Å². The van der Waals surface area contributed by atoms with E-state index in [4.69, 9.17) is 0 Å². The number of benzene rings is 1. The Morgan fingerprint density at radius 3 is 2.95 bits per heavy atom. The first-order valence-corrected chi connectivity index (χ1v) is 7.88. The second-order valence-electron chi connectivity index (χ2n) is 6.43. The first-order chi connectivity index (χ1) is 10.6. The number of carbonyl (C=O) groups excluding carboxylic acids is 1. The van der Waals surface area contributed by atoms with Crippen LogP contribution in [0.4, 0.5) is 0 Å². The number of amides is 1. The number of rotatable bonds is 4. The first kappa shape index (κ1) is 15.0. The SMILES string of the molecule is CN(C)CC(=O)N1CC[C@H](Cc2cccc3cccnc23)C1. The molecular weight excluding hydrogens is 274 g/mol. The number of hydrogen-bond acceptors (Lipinski definition) is 3. The van der Waals surface area contributed by atoms with Gasteiger partial charge in [-0.15, -0.1) is 0 Å². The summed E-state index contributed by atoms with van der Waals surface area (Å²) in [4.78, 5) is 20.6. The van der Waals surface area contributed by atoms with Gasteiger partial charge in [0, 0.05) is 24.7 Å². The first-order valence-electron chi connectivity index (χ1n) is 7.88. The largest absolute Gasteiger partial charge is 0.341 e. The quantitative estimate of drug-likeness (QED) is 0.868. The Kier molecular flexibility index (Phi) is 4.39. The fourth-order valence-electron chi connectivity index (χ4n) is 3.24. The highest BCUT2D eigenvalue weighted by Gasteiger charge is 2.26. The third kappa shape index (κ3) is 3.28. The summed E-state index contributed by atoms with van der Waals surface area (Å²) in [5.74, 6) is 0.780. The number of carbonyl (C=O) groups is 1. The average Bonchev–Trinajstić information content (AvgIpc) is 2.96. The molecule has 4 nitrogen and oxygen atoms in total. The Bertz CT molecular complexity index is 663. The smallest absolute Gasteiger partial charge is 0.236 e. The van der Waals surface area contributed by atoms with Gasteiger partial charge in [-0.1, -0.05) is 24.3 Å². The molecule has 4 heteroatoms. The van der Waals surface area contributed by atoms with Crippen molar-refractivity contribution in [1.29, 1.82) is 0 Å². The predicted molar refractivity (Wildman–Crippen MR) is 88.7 cm³/mol. The van der Waals surface area contributed by atoms with Gasteiger partial charge >= 0.3 is 0 Å². The third-order valence-corrected chi connectivity index (χ3v) is 4.31. The molecule has 1 aliphatic heterocycles. The molecule has 0 aliphatic carbocycles. The van der Waals surface area contributed by atoms with Crippen LogP contribution in [0.1, 0.15) is 12.0 Å². The molecular formula is C18H23N3O. The van der Waals surface area contributed by atoms with Crippen molar-refractivity contribution in [3.63, 3.8) is 0 Å². The Balaban J connectivity index is 1.68. The highest BCUT2D eigenvalue weighted by molar-refractivity contribution is 5.81. The van der Waals surface area contributed by atoms with E-state index in [1.165, 1.54) is 10.9 Å². The topological polar surface area (TPSA) is 36.4 Å². The fourth-order valence-corrected chi connectivity index (χ4v) is 3.24. The normalized spacial score (nSPS) is 18.3. The molecule has 1 atom stereocenters. The maximum Gasteiger partial charge on any atom is 0.236 e. The molecule has 1 aromatic heterocycles. The van der Waals surface area contributed by atoms with Crippen LogP contribution in [0.15, 0.2) is 36.5 Å². The van der Waals surface area contributed by atoms with E-state index < -0.39 is 0 Å². The molecule has 3 rings (SSSR count). The minimum Gasteiger partial charge on any atom is -0.341 e. The molecule has 1 aromatic carbocycles. The summed E-state index contributed by atoms with van der Waals surface area (Å²) >= 11 is 0. The van der Waals surface area contributed by atoms with Gasteiger partial charge in [0.05, 0.1) is 12.1 Å². The van der Waals surface area contributed by atoms with Crippen LogP contribution in [0.2, 0.25) is 0 Å². The average molecular weight is 297 g/mol. The van der Waals surface area contributed by atoms with Crippen molar-refractivity contribution >= 4 is 16.8 Å². The van der Waals surface area contributed by atoms with Crippen LogP contribution in [0.3, 0.4) is 0 Å². The summed E-state index contributed by atoms with van der Waals surface area (Å²) in [6, 6.07) is 10.5. The molecule has 1 aliphatic rings. The van der Waals surface area contributed by atoms with Crippen molar-refractivity contribution in [3.05, 3.63) is 42.1 Å². The molecule has 2 aromatic rings. The lowest BCUT2D eigenvalue weighted by Gasteiger charge is -2.19. The van der Waals surface area contributed by atoms with Gasteiger partial charge in [-0.25, -0.2) is 0 Å². The Morgan fingerprint density at radius 1 is 1.32 bits per heavy atom. The van der Waals surface area contributed by atoms with Gasteiger partial charge < -0.3 is 9.80 Å². The van der Waals surface area contributed by atoms with Crippen molar-refractivity contribution in [2.24, 2.45) is 5.92 Å². The number of para-hydroxylation sites is 1. The Morgan fingerprint density at radius 2 is 2.14 bits per heavy atom. The van der Waals surface area contributed by atoms with Gasteiger partial charge in [0.15, 0.2) is 0 Å². The lowest BCUT2D eigenvalue weighted by Crippen LogP contribution is -2.36. The molecule has 22 heavy (non-hydrogen) atoms. The molecule has 1 amide bonds. The van der Waals surface area contributed by atoms with E-state index in [0.717, 1.165) is 31.4 Å². The lowest BCUT2D eigenvalue weighted by atomic mass is 9.97. The number of aromatic nitrogens is 1. The molecule has 0 radical (unpaired) electrons. The molecule has 116 valence electrons. The maximum absolute atomic E-state index is 12.1. The van der Waals surface area contributed by atoms with Gasteiger partial charge in [0.25, 0.3) is 0 Å². The fraction of sp³-hybridized carbons (Fsp3) is 0.444. The summed E-state index contributed by atoms with van der Waals surface area (Å²) in [5, 5.41) is 1.19. The number of fused-ring (bicyclic) bond motifs is 1. The monoisotopic (exact) mass is 297 g/mol. The minimum atomic E-state index is 0.239. The standard InChI is InChI=1S/C18H23N3O/c1-20(2)13-17(22)21-10-8-14(12-21)11-16-6-3-5-15-7-4-9-19-18(15)16/h3-7,9,14H,8,10-13H2,1-2H3/t14-/m1/s1. The molecule has 1 fully saturated rings. The Labute approximate surface area is 131 Å². The van der Waals surface area contributed by atoms with Crippen LogP contribution in [0.25, 0.3) is 10.9 Å². The van der Waals surface area contributed by atoms with E-state index in [9.17, 15) is 4.79 Å². The van der Waals surface area contributed by atoms with Crippen LogP contribution in [-0.4, -0.2) is 54.4 Å². The molecule has 0 bridgehead atoms. The van der Waals surface area contributed by atoms with Gasteiger partial charge in [0.2, 0.25) is 5.91 Å². The van der Waals surface area contributed by atoms with Crippen molar-refractivity contribution in [3.8, 4) is 0 Å². The van der Waals surface area contributed by atoms with Gasteiger partial charge in [-0.3, -0.25) is 9.78 Å². The van der Waals surface area contributed by atoms with Crippen molar-refractivity contribution in [1.82, 2.24) is 14.8 Å². The summed E-state index contributed by atoms with van der Waals surface area (Å²) in [5.41, 5.74) is 2.40. The van der Waals surface area contributed by atoms with Crippen molar-refractivity contribution < 1.29 is 4.79 Å². The molecule has 0 unspecified atom stereocenters. The van der Waals surface area contributed by atoms with E-state index in [1.807, 2.05) is 36.2 Å². The zero-order chi connectivity index (χ0) is 15.5. The maximum atomic E-state index is 12.1. The number of likely N-dealkylation sites (N-methyl/N-ethyl adjacent to an activating group) is 1.